The molecule has 0 amide bonds. The number of aromatic nitrogens is 1. The number of methoxy groups -OCH3 is 1. The average molecular weight is 244 g/mol. The van der Waals surface area contributed by atoms with E-state index < -0.39 is 0 Å². The summed E-state index contributed by atoms with van der Waals surface area (Å²) < 4.78 is 5.10. The molecule has 0 aliphatic heterocycles. The van der Waals surface area contributed by atoms with Crippen molar-refractivity contribution in [1.82, 2.24) is 4.98 Å². The van der Waals surface area contributed by atoms with Gasteiger partial charge < -0.3 is 15.5 Å². The van der Waals surface area contributed by atoms with Gasteiger partial charge in [-0.15, -0.1) is 0 Å². The fourth-order valence-corrected chi connectivity index (χ4v) is 1.64. The molecule has 5 nitrogen and oxygen atoms in total. The number of anilines is 3. The lowest BCUT2D eigenvalue weighted by molar-refractivity contribution is 0.185. The van der Waals surface area contributed by atoms with Gasteiger partial charge in [-0.3, -0.25) is 0 Å². The average Bonchev–Trinajstić information content (AvgIpc) is 2.40. The number of nitrogens with two attached hydrogens (primary N) is 1. The molecule has 0 bridgehead atoms. The summed E-state index contributed by atoms with van der Waals surface area (Å²) in [5, 5.41) is 3.22. The van der Waals surface area contributed by atoms with Crippen LogP contribution in [0.2, 0.25) is 0 Å². The molecule has 0 unspecified atom stereocenters. The SMILES string of the molecule is COCc1cccc(Nc2cccc(NN)n2)c1. The highest BCUT2D eigenvalue weighted by Crippen LogP contribution is 2.17. The lowest BCUT2D eigenvalue weighted by Crippen LogP contribution is -2.08. The first-order valence-electron chi connectivity index (χ1n) is 5.60. The van der Waals surface area contributed by atoms with Crippen LogP contribution in [0.15, 0.2) is 42.5 Å². The van der Waals surface area contributed by atoms with Gasteiger partial charge in [0.2, 0.25) is 0 Å². The predicted octanol–water partition coefficient (Wildman–Crippen LogP) is 2.26. The Morgan fingerprint density at radius 3 is 2.72 bits per heavy atom. The lowest BCUT2D eigenvalue weighted by Gasteiger charge is -2.08. The van der Waals surface area contributed by atoms with Crippen molar-refractivity contribution in [3.63, 3.8) is 0 Å². The third-order valence-electron chi connectivity index (χ3n) is 2.41. The zero-order valence-corrected chi connectivity index (χ0v) is 10.2. The quantitative estimate of drug-likeness (QED) is 0.556. The monoisotopic (exact) mass is 244 g/mol. The van der Waals surface area contributed by atoms with E-state index in [1.54, 1.807) is 13.2 Å². The van der Waals surface area contributed by atoms with E-state index in [-0.39, 0.29) is 0 Å². The maximum Gasteiger partial charge on any atom is 0.142 e. The summed E-state index contributed by atoms with van der Waals surface area (Å²) in [4.78, 5) is 4.28. The molecule has 1 aromatic heterocycles. The number of pyridine rings is 1. The smallest absolute Gasteiger partial charge is 0.142 e. The summed E-state index contributed by atoms with van der Waals surface area (Å²) in [5.41, 5.74) is 4.58. The van der Waals surface area contributed by atoms with Crippen LogP contribution in [0.5, 0.6) is 0 Å². The maximum atomic E-state index is 5.32. The van der Waals surface area contributed by atoms with Crippen LogP contribution < -0.4 is 16.6 Å². The van der Waals surface area contributed by atoms with Gasteiger partial charge in [-0.05, 0) is 29.8 Å². The van der Waals surface area contributed by atoms with E-state index in [1.165, 1.54) is 0 Å². The summed E-state index contributed by atoms with van der Waals surface area (Å²) in [7, 11) is 1.68. The van der Waals surface area contributed by atoms with Gasteiger partial charge >= 0.3 is 0 Å². The third-order valence-corrected chi connectivity index (χ3v) is 2.41. The molecule has 0 atom stereocenters. The first kappa shape index (κ1) is 12.3. The van der Waals surface area contributed by atoms with E-state index in [0.29, 0.717) is 12.4 Å². The predicted molar refractivity (Wildman–Crippen MR) is 72.5 cm³/mol. The van der Waals surface area contributed by atoms with Crippen LogP contribution in [0.25, 0.3) is 0 Å². The number of nitrogens with one attached hydrogen (secondary N) is 2. The molecule has 4 N–H and O–H groups in total. The molecule has 0 saturated carbocycles. The molecule has 5 heteroatoms. The number of benzene rings is 1. The zero-order valence-electron chi connectivity index (χ0n) is 10.2. The van der Waals surface area contributed by atoms with Gasteiger partial charge in [-0.25, -0.2) is 10.8 Å². The molecule has 1 heterocycles. The number of hydrogen-bond acceptors (Lipinski definition) is 5. The number of hydrogen-bond donors (Lipinski definition) is 3. The van der Waals surface area contributed by atoms with Gasteiger partial charge in [0, 0.05) is 12.8 Å². The van der Waals surface area contributed by atoms with Crippen LogP contribution in [0.4, 0.5) is 17.3 Å². The van der Waals surface area contributed by atoms with Crippen molar-refractivity contribution in [2.24, 2.45) is 5.84 Å². The molecule has 2 rings (SSSR count). The molecule has 0 aliphatic rings. The van der Waals surface area contributed by atoms with Crippen LogP contribution in [-0.4, -0.2) is 12.1 Å². The Kier molecular flexibility index (Phi) is 4.11. The molecule has 0 spiro atoms. The van der Waals surface area contributed by atoms with E-state index >= 15 is 0 Å². The van der Waals surface area contributed by atoms with Gasteiger partial charge in [-0.2, -0.15) is 0 Å². The van der Waals surface area contributed by atoms with Crippen molar-refractivity contribution in [2.45, 2.75) is 6.61 Å². The highest BCUT2D eigenvalue weighted by atomic mass is 16.5. The highest BCUT2D eigenvalue weighted by molar-refractivity contribution is 5.58. The second kappa shape index (κ2) is 6.00. The Balaban J connectivity index is 2.14. The van der Waals surface area contributed by atoms with E-state index in [0.717, 1.165) is 17.1 Å². The Bertz CT molecular complexity index is 516. The molecular formula is C13H16N4O. The lowest BCUT2D eigenvalue weighted by atomic mass is 10.2. The standard InChI is InChI=1S/C13H16N4O/c1-18-9-10-4-2-5-11(8-10)15-12-6-3-7-13(16-12)17-14/h2-8H,9,14H2,1H3,(H2,15,16,17). The Morgan fingerprint density at radius 1 is 1.17 bits per heavy atom. The van der Waals surface area contributed by atoms with Crippen molar-refractivity contribution in [3.05, 3.63) is 48.0 Å². The molecule has 94 valence electrons. The van der Waals surface area contributed by atoms with Crippen molar-refractivity contribution in [1.29, 1.82) is 0 Å². The van der Waals surface area contributed by atoms with E-state index in [9.17, 15) is 0 Å². The minimum absolute atomic E-state index is 0.591. The Hall–Kier alpha value is -2.11. The molecule has 0 aliphatic carbocycles. The first-order valence-corrected chi connectivity index (χ1v) is 5.60. The minimum atomic E-state index is 0.591. The van der Waals surface area contributed by atoms with Crippen molar-refractivity contribution in [3.8, 4) is 0 Å². The van der Waals surface area contributed by atoms with Crippen molar-refractivity contribution >= 4 is 17.3 Å². The van der Waals surface area contributed by atoms with Gasteiger partial charge in [0.15, 0.2) is 0 Å². The Morgan fingerprint density at radius 2 is 1.94 bits per heavy atom. The molecule has 0 fully saturated rings. The summed E-state index contributed by atoms with van der Waals surface area (Å²) in [6, 6.07) is 13.5. The van der Waals surface area contributed by atoms with Crippen LogP contribution in [0.1, 0.15) is 5.56 Å². The van der Waals surface area contributed by atoms with Crippen LogP contribution in [0.3, 0.4) is 0 Å². The number of nitrogen functional groups attached to an aromatic ring is 1. The molecule has 18 heavy (non-hydrogen) atoms. The zero-order chi connectivity index (χ0) is 12.8. The largest absolute Gasteiger partial charge is 0.380 e. The molecule has 0 radical (unpaired) electrons. The fourth-order valence-electron chi connectivity index (χ4n) is 1.64. The second-order valence-electron chi connectivity index (χ2n) is 3.81. The van der Waals surface area contributed by atoms with Crippen LogP contribution >= 0.6 is 0 Å². The number of ether oxygens (including phenoxy) is 1. The number of nitrogens with zero attached hydrogens (tertiary/aromatic N) is 1. The summed E-state index contributed by atoms with van der Waals surface area (Å²) in [5.74, 6) is 6.67. The first-order chi connectivity index (χ1) is 8.81. The van der Waals surface area contributed by atoms with Gasteiger partial charge in [-0.1, -0.05) is 18.2 Å². The molecule has 0 saturated heterocycles. The van der Waals surface area contributed by atoms with Crippen LogP contribution in [-0.2, 0) is 11.3 Å². The third kappa shape index (κ3) is 3.19. The summed E-state index contributed by atoms with van der Waals surface area (Å²) >= 11 is 0. The van der Waals surface area contributed by atoms with Crippen LogP contribution in [0, 0.1) is 0 Å². The van der Waals surface area contributed by atoms with E-state index in [2.05, 4.69) is 15.7 Å². The summed E-state index contributed by atoms with van der Waals surface area (Å²) in [6.45, 7) is 0.591. The van der Waals surface area contributed by atoms with Gasteiger partial charge in [0.1, 0.15) is 11.6 Å². The van der Waals surface area contributed by atoms with Crippen molar-refractivity contribution in [2.75, 3.05) is 17.9 Å². The van der Waals surface area contributed by atoms with E-state index in [4.69, 9.17) is 10.6 Å². The van der Waals surface area contributed by atoms with Gasteiger partial charge in [0.05, 0.1) is 6.61 Å². The fraction of sp³-hybridized carbons (Fsp3) is 0.154. The van der Waals surface area contributed by atoms with Gasteiger partial charge in [0.25, 0.3) is 0 Å². The maximum absolute atomic E-state index is 5.32. The molecular weight excluding hydrogens is 228 g/mol. The number of rotatable bonds is 5. The Labute approximate surface area is 106 Å². The second-order valence-corrected chi connectivity index (χ2v) is 3.81. The molecule has 2 aromatic rings. The topological polar surface area (TPSA) is 72.2 Å². The highest BCUT2D eigenvalue weighted by Gasteiger charge is 1.99. The van der Waals surface area contributed by atoms with E-state index in [1.807, 2.05) is 36.4 Å². The summed E-state index contributed by atoms with van der Waals surface area (Å²) in [6.07, 6.45) is 0. The molecule has 1 aromatic carbocycles. The number of hydrazine groups is 1. The normalized spacial score (nSPS) is 10.1. The van der Waals surface area contributed by atoms with Crippen molar-refractivity contribution < 1.29 is 4.74 Å². The minimum Gasteiger partial charge on any atom is -0.380 e.